The van der Waals surface area contributed by atoms with E-state index in [0.717, 1.165) is 0 Å². The Morgan fingerprint density at radius 3 is 1.36 bits per heavy atom. The summed E-state index contributed by atoms with van der Waals surface area (Å²) in [4.78, 5) is 0. The first-order chi connectivity index (χ1) is 4.83. The van der Waals surface area contributed by atoms with Crippen LogP contribution in [-0.2, 0) is 9.05 Å². The topological polar surface area (TPSA) is 18.5 Å². The van der Waals surface area contributed by atoms with Gasteiger partial charge in [0.05, 0.1) is 0 Å². The second-order valence-electron chi connectivity index (χ2n) is 2.76. The molecular weight excluding hydrogens is 293 g/mol. The quantitative estimate of drug-likeness (QED) is 0.583. The summed E-state index contributed by atoms with van der Waals surface area (Å²) in [7, 11) is 0. The second kappa shape index (κ2) is 5.19. The summed E-state index contributed by atoms with van der Waals surface area (Å²) in [6.07, 6.45) is 0.397. The van der Waals surface area contributed by atoms with Gasteiger partial charge >= 0.3 is 85.2 Å². The number of rotatable bonds is 4. The minimum absolute atomic E-state index is 0.199. The summed E-state index contributed by atoms with van der Waals surface area (Å²) in [5, 5.41) is -1.80. The van der Waals surface area contributed by atoms with Crippen LogP contribution in [0.2, 0.25) is 0 Å². The average Bonchev–Trinajstić information content (AvgIpc) is 1.53. The molecule has 0 aromatic rings. The van der Waals surface area contributed by atoms with Crippen molar-refractivity contribution in [3.05, 3.63) is 0 Å². The van der Waals surface area contributed by atoms with E-state index < -0.39 is 5.10 Å². The predicted octanol–water partition coefficient (Wildman–Crippen LogP) is 1.85. The molecule has 0 atom stereocenters. The monoisotopic (exact) mass is 309 g/mol. The molecule has 0 heterocycles. The van der Waals surface area contributed by atoms with E-state index in [0.29, 0.717) is 0 Å². The molecule has 0 aliphatic carbocycles. The fraction of sp³-hybridized carbons (Fsp3) is 1.00. The molecule has 0 aliphatic rings. The number of hydrogen-bond acceptors (Lipinski definition) is 2. The van der Waals surface area contributed by atoms with Crippen molar-refractivity contribution < 1.29 is 9.05 Å². The van der Waals surface area contributed by atoms with Crippen LogP contribution in [0.1, 0.15) is 27.7 Å². The molecule has 0 saturated heterocycles. The summed E-state index contributed by atoms with van der Waals surface area (Å²) in [5.74, 6) is 0. The maximum atomic E-state index is 5.53. The van der Waals surface area contributed by atoms with Gasteiger partial charge in [-0.2, -0.15) is 0 Å². The first-order valence-electron chi connectivity index (χ1n) is 3.51. The van der Waals surface area contributed by atoms with Crippen LogP contribution >= 0.6 is 5.10 Å². The zero-order chi connectivity index (χ0) is 9.07. The van der Waals surface area contributed by atoms with Gasteiger partial charge in [0.15, 0.2) is 0 Å². The summed E-state index contributed by atoms with van der Waals surface area (Å²) < 4.78 is 11.1. The standard InChI is InChI=1S/C6H14O2PSe2/c1-5(2)7-9(10,11)8-6(3)4/h5-6H,1-4H3/q+1. The van der Waals surface area contributed by atoms with E-state index in [2.05, 4.69) is 31.1 Å². The van der Waals surface area contributed by atoms with Gasteiger partial charge in [-0.15, -0.1) is 0 Å². The van der Waals surface area contributed by atoms with Crippen LogP contribution in [0.25, 0.3) is 0 Å². The Hall–Kier alpha value is 1.39. The van der Waals surface area contributed by atoms with Crippen molar-refractivity contribution in [1.82, 2.24) is 0 Å². The van der Waals surface area contributed by atoms with Crippen LogP contribution in [0.15, 0.2) is 0 Å². The van der Waals surface area contributed by atoms with Crippen molar-refractivity contribution in [3.63, 3.8) is 0 Å². The van der Waals surface area contributed by atoms with Crippen molar-refractivity contribution in [2.75, 3.05) is 0 Å². The van der Waals surface area contributed by atoms with Gasteiger partial charge in [-0.05, 0) is 0 Å². The molecule has 2 radical (unpaired) electrons. The molecule has 0 aromatic carbocycles. The number of hydrogen-bond donors (Lipinski definition) is 0. The van der Waals surface area contributed by atoms with Crippen LogP contribution in [0.4, 0.5) is 0 Å². The van der Waals surface area contributed by atoms with Gasteiger partial charge < -0.3 is 0 Å². The molecular formula is C6H14O2PSe2+. The van der Waals surface area contributed by atoms with Gasteiger partial charge in [-0.3, -0.25) is 0 Å². The zero-order valence-electron chi connectivity index (χ0n) is 7.23. The van der Waals surface area contributed by atoms with Gasteiger partial charge in [0.25, 0.3) is 0 Å². The molecule has 11 heavy (non-hydrogen) atoms. The zero-order valence-corrected chi connectivity index (χ0v) is 11.6. The molecule has 0 aliphatic heterocycles. The van der Waals surface area contributed by atoms with E-state index in [9.17, 15) is 0 Å². The molecule has 0 N–H and O–H groups in total. The van der Waals surface area contributed by atoms with E-state index in [4.69, 9.17) is 9.05 Å². The Balaban J connectivity index is 3.79. The van der Waals surface area contributed by atoms with E-state index in [-0.39, 0.29) is 12.2 Å². The Kier molecular flexibility index (Phi) is 5.85. The third-order valence-corrected chi connectivity index (χ3v) is 4.21. The van der Waals surface area contributed by atoms with Gasteiger partial charge in [0, 0.05) is 0 Å². The molecule has 0 amide bonds. The summed E-state index contributed by atoms with van der Waals surface area (Å²) in [5.41, 5.74) is 0. The first kappa shape index (κ1) is 12.4. The average molecular weight is 307 g/mol. The van der Waals surface area contributed by atoms with Crippen molar-refractivity contribution >= 4 is 36.2 Å². The summed E-state index contributed by atoms with van der Waals surface area (Å²) in [6, 6.07) is 0. The summed E-state index contributed by atoms with van der Waals surface area (Å²) >= 11 is 5.85. The van der Waals surface area contributed by atoms with Crippen LogP contribution < -0.4 is 0 Å². The molecule has 0 unspecified atom stereocenters. The van der Waals surface area contributed by atoms with E-state index in [1.54, 1.807) is 0 Å². The molecule has 5 heteroatoms. The second-order valence-corrected chi connectivity index (χ2v) is 13.6. The van der Waals surface area contributed by atoms with Crippen molar-refractivity contribution in [2.24, 2.45) is 0 Å². The third-order valence-electron chi connectivity index (χ3n) is 0.680. The molecule has 0 aromatic heterocycles. The fourth-order valence-electron chi connectivity index (χ4n) is 0.541. The van der Waals surface area contributed by atoms with Crippen molar-refractivity contribution in [3.8, 4) is 0 Å². The van der Waals surface area contributed by atoms with E-state index in [1.807, 2.05) is 27.7 Å². The fourth-order valence-corrected chi connectivity index (χ4v) is 5.96. The molecule has 0 bridgehead atoms. The molecule has 66 valence electrons. The Morgan fingerprint density at radius 2 is 1.18 bits per heavy atom. The molecule has 2 nitrogen and oxygen atoms in total. The van der Waals surface area contributed by atoms with Gasteiger partial charge in [0.1, 0.15) is 0 Å². The first-order valence-corrected chi connectivity index (χ1v) is 9.57. The van der Waals surface area contributed by atoms with Crippen LogP contribution in [0.5, 0.6) is 0 Å². The van der Waals surface area contributed by atoms with Gasteiger partial charge in [-0.1, -0.05) is 0 Å². The van der Waals surface area contributed by atoms with E-state index in [1.165, 1.54) is 0 Å². The van der Waals surface area contributed by atoms with E-state index >= 15 is 0 Å². The summed E-state index contributed by atoms with van der Waals surface area (Å²) in [6.45, 7) is 7.97. The maximum absolute atomic E-state index is 5.53. The van der Waals surface area contributed by atoms with Gasteiger partial charge in [-0.25, -0.2) is 0 Å². The van der Waals surface area contributed by atoms with Crippen LogP contribution in [0, 0.1) is 0 Å². The normalized spacial score (nSPS) is 13.1. The Morgan fingerprint density at radius 1 is 0.909 bits per heavy atom. The molecule has 0 fully saturated rings. The van der Waals surface area contributed by atoms with Gasteiger partial charge in [0.2, 0.25) is 0 Å². The Labute approximate surface area is 85.1 Å². The van der Waals surface area contributed by atoms with Crippen LogP contribution in [0.3, 0.4) is 0 Å². The molecule has 0 rings (SSSR count). The predicted molar refractivity (Wildman–Crippen MR) is 50.9 cm³/mol. The SMILES string of the molecule is CC(C)O[P+]([Se])([Se])OC(C)C. The third kappa shape index (κ3) is 7.74. The Bertz CT molecular complexity index is 105. The molecule has 0 spiro atoms. The van der Waals surface area contributed by atoms with Crippen LogP contribution in [-0.4, -0.2) is 43.3 Å². The van der Waals surface area contributed by atoms with Crippen molar-refractivity contribution in [2.45, 2.75) is 39.9 Å². The molecule has 0 saturated carbocycles. The van der Waals surface area contributed by atoms with Crippen molar-refractivity contribution in [1.29, 1.82) is 0 Å². The minimum atomic E-state index is -1.80.